The maximum Gasteiger partial charge on any atom is 0.248 e. The molecule has 9 heteroatoms. The highest BCUT2D eigenvalue weighted by atomic mass is 32.2. The van der Waals surface area contributed by atoms with E-state index in [1.54, 1.807) is 0 Å². The van der Waals surface area contributed by atoms with Crippen molar-refractivity contribution in [3.8, 4) is 0 Å². The van der Waals surface area contributed by atoms with Gasteiger partial charge in [-0.15, -0.1) is 0 Å². The van der Waals surface area contributed by atoms with Gasteiger partial charge < -0.3 is 16.0 Å². The van der Waals surface area contributed by atoms with E-state index in [1.807, 2.05) is 0 Å². The third-order valence-corrected chi connectivity index (χ3v) is 3.99. The largest absolute Gasteiger partial charge is 0.398 e. The van der Waals surface area contributed by atoms with E-state index in [4.69, 9.17) is 11.5 Å². The van der Waals surface area contributed by atoms with Crippen LogP contribution in [0, 0.1) is 0 Å². The Hall–Kier alpha value is -2.39. The van der Waals surface area contributed by atoms with Crippen molar-refractivity contribution >= 4 is 21.6 Å². The first-order chi connectivity index (χ1) is 9.40. The van der Waals surface area contributed by atoms with E-state index in [2.05, 4.69) is 14.4 Å². The molecule has 0 saturated carbocycles. The minimum atomic E-state index is -3.82. The number of sulfonamides is 1. The second-order valence-corrected chi connectivity index (χ2v) is 5.67. The first-order valence-corrected chi connectivity index (χ1v) is 6.97. The van der Waals surface area contributed by atoms with Crippen LogP contribution in [0.1, 0.15) is 16.1 Å². The van der Waals surface area contributed by atoms with Gasteiger partial charge in [-0.05, 0) is 18.2 Å². The summed E-state index contributed by atoms with van der Waals surface area (Å²) >= 11 is 0. The summed E-state index contributed by atoms with van der Waals surface area (Å²) in [5.74, 6) is -0.684. The summed E-state index contributed by atoms with van der Waals surface area (Å²) < 4.78 is 31.0. The van der Waals surface area contributed by atoms with Crippen molar-refractivity contribution < 1.29 is 17.7 Å². The fraction of sp³-hybridized carbons (Fsp3) is 0.0909. The molecule has 0 aliphatic rings. The molecule has 1 amide bonds. The molecule has 0 saturated heterocycles. The summed E-state index contributed by atoms with van der Waals surface area (Å²) in [4.78, 5) is 10.8. The Morgan fingerprint density at radius 1 is 1.35 bits per heavy atom. The van der Waals surface area contributed by atoms with Gasteiger partial charge >= 0.3 is 0 Å². The van der Waals surface area contributed by atoms with Crippen molar-refractivity contribution in [2.24, 2.45) is 5.73 Å². The lowest BCUT2D eigenvalue weighted by atomic mass is 10.2. The maximum absolute atomic E-state index is 12.1. The summed E-state index contributed by atoms with van der Waals surface area (Å²) in [6.07, 6.45) is 1.33. The molecule has 20 heavy (non-hydrogen) atoms. The number of primary amides is 1. The van der Waals surface area contributed by atoms with Gasteiger partial charge in [0.1, 0.15) is 11.2 Å². The number of nitrogen functional groups attached to an aromatic ring is 1. The number of hydrogen-bond donors (Lipinski definition) is 3. The predicted octanol–water partition coefficient (Wildman–Crippen LogP) is -0.166. The number of amides is 1. The van der Waals surface area contributed by atoms with E-state index in [0.717, 1.165) is 0 Å². The summed E-state index contributed by atoms with van der Waals surface area (Å²) in [5.41, 5.74) is 11.2. The van der Waals surface area contributed by atoms with Crippen LogP contribution in [-0.2, 0) is 16.6 Å². The van der Waals surface area contributed by atoms with Crippen molar-refractivity contribution in [2.45, 2.75) is 11.4 Å². The molecule has 1 heterocycles. The molecule has 0 unspecified atom stereocenters. The zero-order chi connectivity index (χ0) is 14.8. The molecule has 0 radical (unpaired) electrons. The number of anilines is 1. The number of rotatable bonds is 5. The van der Waals surface area contributed by atoms with Crippen LogP contribution in [0.5, 0.6) is 0 Å². The molecule has 2 rings (SSSR count). The van der Waals surface area contributed by atoms with E-state index in [1.165, 1.54) is 30.5 Å². The van der Waals surface area contributed by atoms with Crippen LogP contribution >= 0.6 is 0 Å². The van der Waals surface area contributed by atoms with Crippen LogP contribution in [0.2, 0.25) is 0 Å². The quantitative estimate of drug-likeness (QED) is 0.654. The van der Waals surface area contributed by atoms with E-state index < -0.39 is 15.9 Å². The van der Waals surface area contributed by atoms with Crippen LogP contribution in [0.15, 0.2) is 39.9 Å². The Kier molecular flexibility index (Phi) is 3.72. The summed E-state index contributed by atoms with van der Waals surface area (Å²) in [5, 5.41) is 3.58. The summed E-state index contributed by atoms with van der Waals surface area (Å²) in [6.45, 7) is -0.0319. The first kappa shape index (κ1) is 14.0. The van der Waals surface area contributed by atoms with Crippen molar-refractivity contribution in [3.05, 3.63) is 41.8 Å². The third kappa shape index (κ3) is 2.95. The highest BCUT2D eigenvalue weighted by Crippen LogP contribution is 2.19. The summed E-state index contributed by atoms with van der Waals surface area (Å²) in [7, 11) is -3.82. The van der Waals surface area contributed by atoms with E-state index >= 15 is 0 Å². The van der Waals surface area contributed by atoms with Crippen LogP contribution in [0.3, 0.4) is 0 Å². The molecule has 1 aromatic carbocycles. The zero-order valence-electron chi connectivity index (χ0n) is 10.2. The Morgan fingerprint density at radius 3 is 2.65 bits per heavy atom. The van der Waals surface area contributed by atoms with Gasteiger partial charge in [0.15, 0.2) is 0 Å². The van der Waals surface area contributed by atoms with E-state index in [-0.39, 0.29) is 22.7 Å². The van der Waals surface area contributed by atoms with E-state index in [0.29, 0.717) is 5.69 Å². The Bertz CT molecular complexity index is 725. The smallest absolute Gasteiger partial charge is 0.248 e. The molecule has 0 aliphatic carbocycles. The molecule has 0 spiro atoms. The molecule has 8 nitrogen and oxygen atoms in total. The highest BCUT2D eigenvalue weighted by molar-refractivity contribution is 7.89. The number of benzene rings is 1. The van der Waals surface area contributed by atoms with Crippen LogP contribution in [0.4, 0.5) is 5.69 Å². The number of nitrogens with zero attached hydrogens (tertiary/aromatic N) is 1. The number of carbonyl (C=O) groups excluding carboxylic acids is 1. The Labute approximate surface area is 114 Å². The number of nitrogens with two attached hydrogens (primary N) is 2. The molecule has 0 aliphatic heterocycles. The summed E-state index contributed by atoms with van der Waals surface area (Å²) in [6, 6.07) is 5.26. The molecular formula is C11H12N4O4S. The van der Waals surface area contributed by atoms with Gasteiger partial charge in [0.2, 0.25) is 15.9 Å². The zero-order valence-corrected chi connectivity index (χ0v) is 11.1. The van der Waals surface area contributed by atoms with Gasteiger partial charge in [-0.25, -0.2) is 13.1 Å². The molecule has 5 N–H and O–H groups in total. The van der Waals surface area contributed by atoms with Gasteiger partial charge in [-0.3, -0.25) is 4.79 Å². The lowest BCUT2D eigenvalue weighted by Gasteiger charge is -2.08. The molecular weight excluding hydrogens is 284 g/mol. The molecule has 1 aromatic heterocycles. The van der Waals surface area contributed by atoms with E-state index in [9.17, 15) is 13.2 Å². The van der Waals surface area contributed by atoms with Gasteiger partial charge in [-0.1, -0.05) is 5.16 Å². The van der Waals surface area contributed by atoms with Gasteiger partial charge in [0.25, 0.3) is 0 Å². The van der Waals surface area contributed by atoms with Crippen molar-refractivity contribution in [1.82, 2.24) is 9.88 Å². The normalized spacial score (nSPS) is 11.4. The average molecular weight is 296 g/mol. The average Bonchev–Trinajstić information content (AvgIpc) is 2.89. The van der Waals surface area contributed by atoms with Crippen LogP contribution < -0.4 is 16.2 Å². The number of carbonyl (C=O) groups is 1. The minimum absolute atomic E-state index is 0.0319. The molecule has 2 aromatic rings. The van der Waals surface area contributed by atoms with Crippen molar-refractivity contribution in [3.63, 3.8) is 0 Å². The fourth-order valence-corrected chi connectivity index (χ4v) is 2.63. The monoisotopic (exact) mass is 296 g/mol. The Balaban J connectivity index is 2.23. The number of nitrogens with one attached hydrogen (secondary N) is 1. The topological polar surface area (TPSA) is 141 Å². The van der Waals surface area contributed by atoms with Gasteiger partial charge in [0, 0.05) is 11.6 Å². The van der Waals surface area contributed by atoms with Gasteiger partial charge in [-0.2, -0.15) is 0 Å². The number of hydrogen-bond acceptors (Lipinski definition) is 6. The predicted molar refractivity (Wildman–Crippen MR) is 69.9 cm³/mol. The molecule has 0 fully saturated rings. The second kappa shape index (κ2) is 5.31. The SMILES string of the molecule is NC(=O)c1ccc(S(=O)(=O)NCc2ccon2)c(N)c1. The van der Waals surface area contributed by atoms with Crippen LogP contribution in [0.25, 0.3) is 0 Å². The lowest BCUT2D eigenvalue weighted by Crippen LogP contribution is -2.24. The van der Waals surface area contributed by atoms with Crippen LogP contribution in [-0.4, -0.2) is 19.5 Å². The number of aromatic nitrogens is 1. The highest BCUT2D eigenvalue weighted by Gasteiger charge is 2.18. The van der Waals surface area contributed by atoms with Crippen molar-refractivity contribution in [2.75, 3.05) is 5.73 Å². The maximum atomic E-state index is 12.1. The Morgan fingerprint density at radius 2 is 2.10 bits per heavy atom. The fourth-order valence-electron chi connectivity index (χ4n) is 1.52. The lowest BCUT2D eigenvalue weighted by molar-refractivity contribution is 0.1000. The second-order valence-electron chi connectivity index (χ2n) is 3.93. The van der Waals surface area contributed by atoms with Crippen molar-refractivity contribution in [1.29, 1.82) is 0 Å². The molecule has 0 atom stereocenters. The molecule has 0 bridgehead atoms. The third-order valence-electron chi connectivity index (χ3n) is 2.52. The molecule has 106 valence electrons. The standard InChI is InChI=1S/C11H12N4O4S/c12-9-5-7(11(13)16)1-2-10(9)20(17,18)14-6-8-3-4-19-15-8/h1-5,14H,6,12H2,(H2,13,16). The first-order valence-electron chi connectivity index (χ1n) is 5.48. The van der Waals surface area contributed by atoms with Gasteiger partial charge in [0.05, 0.1) is 17.9 Å². The minimum Gasteiger partial charge on any atom is -0.398 e.